The predicted molar refractivity (Wildman–Crippen MR) is 205 cm³/mol. The topological polar surface area (TPSA) is 206 Å². The second-order valence-corrected chi connectivity index (χ2v) is 16.0. The van der Waals surface area contributed by atoms with E-state index in [0.717, 1.165) is 6.29 Å². The summed E-state index contributed by atoms with van der Waals surface area (Å²) in [5.74, 6) is -2.56. The maximum Gasteiger partial charge on any atom is 0.309 e. The average molecular weight is 814 g/mol. The number of aldehydes is 1. The molecule has 3 heterocycles. The van der Waals surface area contributed by atoms with Crippen molar-refractivity contribution < 1.29 is 72.4 Å². The summed E-state index contributed by atoms with van der Waals surface area (Å²) in [5, 5.41) is 33.9. The first-order valence-corrected chi connectivity index (χ1v) is 20.1. The summed E-state index contributed by atoms with van der Waals surface area (Å²) in [6.45, 7) is 11.9. The number of hydrogen-bond acceptors (Lipinski definition) is 16. The van der Waals surface area contributed by atoms with Gasteiger partial charge in [0.2, 0.25) is 0 Å². The quantitative estimate of drug-likeness (QED) is 0.112. The van der Waals surface area contributed by atoms with Gasteiger partial charge in [-0.15, -0.1) is 0 Å². The number of carbonyl (C=O) groups excluding carboxylic acids is 4. The minimum Gasteiger partial charge on any atom is -0.462 e. The van der Waals surface area contributed by atoms with Crippen LogP contribution in [0.25, 0.3) is 0 Å². The van der Waals surface area contributed by atoms with Crippen LogP contribution >= 0.6 is 0 Å². The number of ether oxygens (including phenoxy) is 8. The van der Waals surface area contributed by atoms with Crippen molar-refractivity contribution in [1.29, 1.82) is 0 Å². The summed E-state index contributed by atoms with van der Waals surface area (Å²) in [4.78, 5) is 52.3. The fraction of sp³-hybridized carbons (Fsp3) is 0.805. The largest absolute Gasteiger partial charge is 0.462 e. The Bertz CT molecular complexity index is 1350. The highest BCUT2D eigenvalue weighted by molar-refractivity contribution is 5.72. The van der Waals surface area contributed by atoms with Crippen molar-refractivity contribution in [3.05, 3.63) is 24.3 Å². The van der Waals surface area contributed by atoms with E-state index in [0.29, 0.717) is 12.8 Å². The lowest BCUT2D eigenvalue weighted by Crippen LogP contribution is -2.66. The molecule has 3 N–H and O–H groups in total. The molecule has 2 saturated heterocycles. The Labute approximate surface area is 337 Å². The summed E-state index contributed by atoms with van der Waals surface area (Å²) in [6, 6.07) is -0.767. The summed E-state index contributed by atoms with van der Waals surface area (Å²) in [5.41, 5.74) is -1.49. The van der Waals surface area contributed by atoms with Crippen molar-refractivity contribution in [3.8, 4) is 0 Å². The molecule has 16 unspecified atom stereocenters. The summed E-state index contributed by atoms with van der Waals surface area (Å²) < 4.78 is 48.6. The Morgan fingerprint density at radius 1 is 0.947 bits per heavy atom. The van der Waals surface area contributed by atoms with E-state index in [-0.39, 0.29) is 31.6 Å². The van der Waals surface area contributed by atoms with E-state index in [2.05, 4.69) is 0 Å². The van der Waals surface area contributed by atoms with Crippen molar-refractivity contribution in [2.75, 3.05) is 21.2 Å². The zero-order valence-electron chi connectivity index (χ0n) is 35.2. The van der Waals surface area contributed by atoms with Gasteiger partial charge in [-0.2, -0.15) is 0 Å². The summed E-state index contributed by atoms with van der Waals surface area (Å²) >= 11 is 0. The maximum atomic E-state index is 13.3. The van der Waals surface area contributed by atoms with Gasteiger partial charge in [0.15, 0.2) is 18.7 Å². The number of methoxy groups -OCH3 is 1. The van der Waals surface area contributed by atoms with E-state index >= 15 is 0 Å². The number of likely N-dealkylation sites (N-methyl/N-ethyl adjacent to an activating group) is 1. The molecule has 0 amide bonds. The molecule has 0 aromatic heterocycles. The molecule has 3 rings (SSSR count). The minimum atomic E-state index is -1.49. The monoisotopic (exact) mass is 813 g/mol. The number of cyclic esters (lactones) is 1. The molecular formula is C41H67NO15. The van der Waals surface area contributed by atoms with Gasteiger partial charge in [0.1, 0.15) is 42.4 Å². The first kappa shape index (κ1) is 48.6. The molecule has 16 nitrogen and oxygen atoms in total. The highest BCUT2D eigenvalue weighted by atomic mass is 16.7. The van der Waals surface area contributed by atoms with Crippen LogP contribution in [0.2, 0.25) is 0 Å². The Kier molecular flexibility index (Phi) is 19.2. The van der Waals surface area contributed by atoms with Gasteiger partial charge in [0, 0.05) is 39.2 Å². The first-order valence-electron chi connectivity index (χ1n) is 20.1. The van der Waals surface area contributed by atoms with Crippen molar-refractivity contribution in [3.63, 3.8) is 0 Å². The molecule has 326 valence electrons. The third-order valence-electron chi connectivity index (χ3n) is 10.7. The maximum absolute atomic E-state index is 13.3. The smallest absolute Gasteiger partial charge is 0.309 e. The van der Waals surface area contributed by atoms with Crippen LogP contribution in [0.4, 0.5) is 0 Å². The van der Waals surface area contributed by atoms with Gasteiger partial charge in [0.25, 0.3) is 0 Å². The molecule has 57 heavy (non-hydrogen) atoms. The minimum absolute atomic E-state index is 0.00789. The molecule has 0 aliphatic carbocycles. The zero-order chi connectivity index (χ0) is 42.6. The van der Waals surface area contributed by atoms with Crippen LogP contribution in [0, 0.1) is 11.8 Å². The lowest BCUT2D eigenvalue weighted by Gasteiger charge is -2.50. The van der Waals surface area contributed by atoms with Crippen molar-refractivity contribution in [2.24, 2.45) is 11.8 Å². The third-order valence-corrected chi connectivity index (χ3v) is 10.7. The standard InChI is InChI=1S/C41H67NO15/c1-11-30(45)54-29-21-32(47)51-24(4)14-13-15-28(44)17-16-23(3)20-27(18-19-43)37(38(29)50-10)57-40-35(48)34(42(8)9)36(25(5)53-40)56-33-22-41(7,49)39(26(6)52-33)55-31(46)12-2/h13,15-17,19,23-29,33-40,44,48-49H,11-12,14,18,20-22H2,1-10H3/b15-13+,17-16+. The molecule has 16 heteroatoms. The van der Waals surface area contributed by atoms with E-state index in [9.17, 15) is 34.5 Å². The molecule has 0 spiro atoms. The lowest BCUT2D eigenvalue weighted by atomic mass is 9.84. The fourth-order valence-electron chi connectivity index (χ4n) is 7.82. The second kappa shape index (κ2) is 22.5. The van der Waals surface area contributed by atoms with E-state index in [1.165, 1.54) is 7.11 Å². The Morgan fingerprint density at radius 3 is 2.21 bits per heavy atom. The van der Waals surface area contributed by atoms with Crippen LogP contribution in [0.1, 0.15) is 93.4 Å². The normalized spacial score (nSPS) is 41.1. The first-order chi connectivity index (χ1) is 26.8. The molecule has 0 saturated carbocycles. The van der Waals surface area contributed by atoms with Crippen LogP contribution in [0.15, 0.2) is 24.3 Å². The van der Waals surface area contributed by atoms with Crippen LogP contribution in [0.3, 0.4) is 0 Å². The van der Waals surface area contributed by atoms with Gasteiger partial charge in [-0.05, 0) is 60.0 Å². The number of aliphatic hydroxyl groups is 3. The van der Waals surface area contributed by atoms with Crippen LogP contribution < -0.4 is 0 Å². The molecule has 0 aromatic carbocycles. The van der Waals surface area contributed by atoms with E-state index < -0.39 is 116 Å². The third kappa shape index (κ3) is 13.9. The summed E-state index contributed by atoms with van der Waals surface area (Å²) in [7, 11) is 4.89. The second-order valence-electron chi connectivity index (χ2n) is 16.0. The van der Waals surface area contributed by atoms with Crippen molar-refractivity contribution in [2.45, 2.75) is 179 Å². The average Bonchev–Trinajstić information content (AvgIpc) is 3.12. The fourth-order valence-corrected chi connectivity index (χ4v) is 7.82. The molecule has 3 aliphatic rings. The highest BCUT2D eigenvalue weighted by Gasteiger charge is 2.53. The number of carbonyl (C=O) groups is 4. The Morgan fingerprint density at radius 2 is 1.61 bits per heavy atom. The zero-order valence-corrected chi connectivity index (χ0v) is 35.2. The molecule has 0 radical (unpaired) electrons. The number of rotatable bonds is 12. The van der Waals surface area contributed by atoms with Gasteiger partial charge in [0.05, 0.1) is 36.9 Å². The number of allylic oxidation sites excluding steroid dienone is 1. The van der Waals surface area contributed by atoms with Crippen molar-refractivity contribution >= 4 is 24.2 Å². The van der Waals surface area contributed by atoms with Gasteiger partial charge >= 0.3 is 17.9 Å². The SMILES string of the molecule is CCC(=O)OC1CC(=O)OC(C)C/C=C/C(O)/C=C/C(C)CC(CC=O)C(OC2OC(C)C(OC3CC(C)(O)C(OC(=O)CC)C(C)O3)C(N(C)C)C2O)C1OC. The number of aliphatic hydroxyl groups excluding tert-OH is 2. The molecule has 3 aliphatic heterocycles. The number of hydrogen-bond donors (Lipinski definition) is 3. The Hall–Kier alpha value is -2.80. The van der Waals surface area contributed by atoms with Crippen LogP contribution in [-0.2, 0) is 57.1 Å². The molecular weight excluding hydrogens is 746 g/mol. The molecule has 2 fully saturated rings. The van der Waals surface area contributed by atoms with Crippen LogP contribution in [-0.4, -0.2) is 151 Å². The van der Waals surface area contributed by atoms with Crippen LogP contribution in [0.5, 0.6) is 0 Å². The van der Waals surface area contributed by atoms with E-state index in [1.54, 1.807) is 78.8 Å². The number of esters is 3. The Balaban J connectivity index is 2.01. The van der Waals surface area contributed by atoms with Gasteiger partial charge in [-0.1, -0.05) is 45.1 Å². The molecule has 16 atom stereocenters. The van der Waals surface area contributed by atoms with E-state index in [4.69, 9.17) is 37.9 Å². The van der Waals surface area contributed by atoms with Gasteiger partial charge in [-0.25, -0.2) is 0 Å². The summed E-state index contributed by atoms with van der Waals surface area (Å²) in [6.07, 6.45) is -3.95. The number of nitrogens with zero attached hydrogens (tertiary/aromatic N) is 1. The van der Waals surface area contributed by atoms with Crippen molar-refractivity contribution in [1.82, 2.24) is 4.90 Å². The predicted octanol–water partition coefficient (Wildman–Crippen LogP) is 2.77. The highest BCUT2D eigenvalue weighted by Crippen LogP contribution is 2.37. The van der Waals surface area contributed by atoms with E-state index in [1.807, 2.05) is 13.0 Å². The van der Waals surface area contributed by atoms with Gasteiger partial charge in [-0.3, -0.25) is 14.4 Å². The molecule has 0 aromatic rings. The molecule has 0 bridgehead atoms. The lowest BCUT2D eigenvalue weighted by molar-refractivity contribution is -0.344. The van der Waals surface area contributed by atoms with Gasteiger partial charge < -0.3 is 62.9 Å².